The molecule has 96 valence electrons. The summed E-state index contributed by atoms with van der Waals surface area (Å²) in [6, 6.07) is 8.84. The van der Waals surface area contributed by atoms with Gasteiger partial charge in [0.05, 0.1) is 18.1 Å². The van der Waals surface area contributed by atoms with Gasteiger partial charge in [-0.15, -0.1) is 0 Å². The van der Waals surface area contributed by atoms with Gasteiger partial charge in [-0.2, -0.15) is 18.4 Å². The topological polar surface area (TPSA) is 36.7 Å². The van der Waals surface area contributed by atoms with Gasteiger partial charge in [-0.1, -0.05) is 12.1 Å². The van der Waals surface area contributed by atoms with Crippen molar-refractivity contribution in [2.24, 2.45) is 0 Å². The standard InChI is InChI=1S/C14H9F3N2/c15-14(16,17)13-7-10(3-4-18)6-12(8-13)11-2-1-5-19-9-11/h1-2,5-9H,3H2. The molecule has 0 atom stereocenters. The van der Waals surface area contributed by atoms with Crippen LogP contribution in [0.5, 0.6) is 0 Å². The highest BCUT2D eigenvalue weighted by Crippen LogP contribution is 2.33. The quantitative estimate of drug-likeness (QED) is 0.824. The first-order valence-corrected chi connectivity index (χ1v) is 5.49. The van der Waals surface area contributed by atoms with Crippen molar-refractivity contribution in [3.63, 3.8) is 0 Å². The second-order valence-electron chi connectivity index (χ2n) is 3.99. The number of pyridine rings is 1. The van der Waals surface area contributed by atoms with Gasteiger partial charge in [0, 0.05) is 18.0 Å². The van der Waals surface area contributed by atoms with Crippen molar-refractivity contribution in [3.05, 3.63) is 53.9 Å². The largest absolute Gasteiger partial charge is 0.416 e. The zero-order chi connectivity index (χ0) is 13.9. The van der Waals surface area contributed by atoms with Gasteiger partial charge in [-0.25, -0.2) is 0 Å². The summed E-state index contributed by atoms with van der Waals surface area (Å²) in [5.74, 6) is 0. The number of hydrogen-bond acceptors (Lipinski definition) is 2. The Bertz CT molecular complexity index is 613. The van der Waals surface area contributed by atoms with Crippen molar-refractivity contribution >= 4 is 0 Å². The number of halogens is 3. The molecule has 1 aromatic carbocycles. The molecule has 0 amide bonds. The Morgan fingerprint density at radius 1 is 1.16 bits per heavy atom. The lowest BCUT2D eigenvalue weighted by atomic mass is 9.99. The highest BCUT2D eigenvalue weighted by Gasteiger charge is 2.31. The fourth-order valence-electron chi connectivity index (χ4n) is 1.75. The van der Waals surface area contributed by atoms with Crippen molar-refractivity contribution in [1.29, 1.82) is 5.26 Å². The Morgan fingerprint density at radius 3 is 2.53 bits per heavy atom. The van der Waals surface area contributed by atoms with E-state index in [1.165, 1.54) is 6.20 Å². The molecule has 0 aliphatic heterocycles. The molecule has 0 spiro atoms. The third kappa shape index (κ3) is 3.10. The predicted molar refractivity (Wildman–Crippen MR) is 64.0 cm³/mol. The summed E-state index contributed by atoms with van der Waals surface area (Å²) >= 11 is 0. The summed E-state index contributed by atoms with van der Waals surface area (Å²) in [5, 5.41) is 8.63. The molecule has 2 rings (SSSR count). The highest BCUT2D eigenvalue weighted by atomic mass is 19.4. The number of aromatic nitrogens is 1. The molecule has 2 nitrogen and oxygen atoms in total. The average Bonchev–Trinajstić information content (AvgIpc) is 2.39. The molecule has 19 heavy (non-hydrogen) atoms. The Labute approximate surface area is 108 Å². The Kier molecular flexibility index (Phi) is 3.52. The monoisotopic (exact) mass is 262 g/mol. The maximum Gasteiger partial charge on any atom is 0.416 e. The molecule has 0 bridgehead atoms. The summed E-state index contributed by atoms with van der Waals surface area (Å²) in [6.07, 6.45) is -1.45. The van der Waals surface area contributed by atoms with Crippen LogP contribution in [0.25, 0.3) is 11.1 Å². The lowest BCUT2D eigenvalue weighted by molar-refractivity contribution is -0.137. The van der Waals surface area contributed by atoms with E-state index in [4.69, 9.17) is 5.26 Å². The maximum absolute atomic E-state index is 12.8. The van der Waals surface area contributed by atoms with Crippen LogP contribution in [0.3, 0.4) is 0 Å². The van der Waals surface area contributed by atoms with Crippen molar-refractivity contribution in [3.8, 4) is 17.2 Å². The van der Waals surface area contributed by atoms with Crippen LogP contribution in [0.2, 0.25) is 0 Å². The fraction of sp³-hybridized carbons (Fsp3) is 0.143. The van der Waals surface area contributed by atoms with Crippen LogP contribution in [0.15, 0.2) is 42.7 Å². The Hall–Kier alpha value is -2.35. The van der Waals surface area contributed by atoms with Gasteiger partial charge in [-0.3, -0.25) is 4.98 Å². The molecule has 1 heterocycles. The SMILES string of the molecule is N#CCc1cc(-c2cccnc2)cc(C(F)(F)F)c1. The number of nitrogens with zero attached hydrogens (tertiary/aromatic N) is 2. The molecule has 0 unspecified atom stereocenters. The molecule has 1 aromatic heterocycles. The normalized spacial score (nSPS) is 11.1. The van der Waals surface area contributed by atoms with E-state index in [0.717, 1.165) is 12.1 Å². The molecule has 0 saturated heterocycles. The minimum atomic E-state index is -4.43. The van der Waals surface area contributed by atoms with Gasteiger partial charge in [0.1, 0.15) is 0 Å². The summed E-state index contributed by atoms with van der Waals surface area (Å²) in [7, 11) is 0. The van der Waals surface area contributed by atoms with Gasteiger partial charge in [0.15, 0.2) is 0 Å². The van der Waals surface area contributed by atoms with Gasteiger partial charge in [0.2, 0.25) is 0 Å². The summed E-state index contributed by atoms with van der Waals surface area (Å²) in [4.78, 5) is 3.88. The van der Waals surface area contributed by atoms with E-state index in [2.05, 4.69) is 4.98 Å². The third-order valence-corrected chi connectivity index (χ3v) is 2.60. The Morgan fingerprint density at radius 2 is 1.95 bits per heavy atom. The summed E-state index contributed by atoms with van der Waals surface area (Å²) in [5.41, 5.74) is 0.594. The van der Waals surface area contributed by atoms with E-state index in [0.29, 0.717) is 16.7 Å². The average molecular weight is 262 g/mol. The molecule has 0 aliphatic rings. The van der Waals surface area contributed by atoms with Crippen LogP contribution in [0.4, 0.5) is 13.2 Å². The molecule has 5 heteroatoms. The smallest absolute Gasteiger partial charge is 0.264 e. The molecule has 0 aliphatic carbocycles. The first-order chi connectivity index (χ1) is 9.00. The van der Waals surface area contributed by atoms with E-state index in [9.17, 15) is 13.2 Å². The van der Waals surface area contributed by atoms with Crippen LogP contribution in [0.1, 0.15) is 11.1 Å². The number of rotatable bonds is 2. The fourth-order valence-corrected chi connectivity index (χ4v) is 1.75. The van der Waals surface area contributed by atoms with E-state index < -0.39 is 11.7 Å². The second kappa shape index (κ2) is 5.11. The molecule has 0 saturated carbocycles. The summed E-state index contributed by atoms with van der Waals surface area (Å²) < 4.78 is 38.4. The number of benzene rings is 1. The number of alkyl halides is 3. The van der Waals surface area contributed by atoms with E-state index in [-0.39, 0.29) is 6.42 Å². The third-order valence-electron chi connectivity index (χ3n) is 2.60. The zero-order valence-electron chi connectivity index (χ0n) is 9.78. The molecule has 0 N–H and O–H groups in total. The van der Waals surface area contributed by atoms with Gasteiger partial charge >= 0.3 is 6.18 Å². The summed E-state index contributed by atoms with van der Waals surface area (Å²) in [6.45, 7) is 0. The molecular weight excluding hydrogens is 253 g/mol. The van der Waals surface area contributed by atoms with Crippen LogP contribution in [-0.4, -0.2) is 4.98 Å². The minimum Gasteiger partial charge on any atom is -0.264 e. The minimum absolute atomic E-state index is 0.0584. The van der Waals surface area contributed by atoms with Crippen molar-refractivity contribution in [1.82, 2.24) is 4.98 Å². The first-order valence-electron chi connectivity index (χ1n) is 5.49. The van der Waals surface area contributed by atoms with Crippen LogP contribution in [0, 0.1) is 11.3 Å². The van der Waals surface area contributed by atoms with Crippen LogP contribution >= 0.6 is 0 Å². The van der Waals surface area contributed by atoms with E-state index in [1.807, 2.05) is 6.07 Å². The van der Waals surface area contributed by atoms with E-state index >= 15 is 0 Å². The lowest BCUT2D eigenvalue weighted by Crippen LogP contribution is -2.06. The van der Waals surface area contributed by atoms with E-state index in [1.54, 1.807) is 24.4 Å². The van der Waals surface area contributed by atoms with Gasteiger partial charge in [-0.05, 0) is 29.3 Å². The molecule has 0 fully saturated rings. The maximum atomic E-state index is 12.8. The number of hydrogen-bond donors (Lipinski definition) is 0. The Balaban J connectivity index is 2.56. The van der Waals surface area contributed by atoms with Crippen molar-refractivity contribution in [2.75, 3.05) is 0 Å². The van der Waals surface area contributed by atoms with Crippen molar-refractivity contribution in [2.45, 2.75) is 12.6 Å². The van der Waals surface area contributed by atoms with Gasteiger partial charge < -0.3 is 0 Å². The van der Waals surface area contributed by atoms with Gasteiger partial charge in [0.25, 0.3) is 0 Å². The predicted octanol–water partition coefficient (Wildman–Crippen LogP) is 3.83. The van der Waals surface area contributed by atoms with Crippen LogP contribution < -0.4 is 0 Å². The van der Waals surface area contributed by atoms with Crippen molar-refractivity contribution < 1.29 is 13.2 Å². The molecule has 0 radical (unpaired) electrons. The highest BCUT2D eigenvalue weighted by molar-refractivity contribution is 5.64. The zero-order valence-corrected chi connectivity index (χ0v) is 9.78. The first kappa shape index (κ1) is 13.1. The van der Waals surface area contributed by atoms with Crippen LogP contribution in [-0.2, 0) is 12.6 Å². The second-order valence-corrected chi connectivity index (χ2v) is 3.99. The number of nitriles is 1. The molecule has 2 aromatic rings. The molecular formula is C14H9F3N2. The lowest BCUT2D eigenvalue weighted by Gasteiger charge is -2.11.